The number of oxime groups is 2. The third-order valence-electron chi connectivity index (χ3n) is 4.50. The van der Waals surface area contributed by atoms with Crippen molar-refractivity contribution in [2.24, 2.45) is 10.3 Å². The van der Waals surface area contributed by atoms with Crippen molar-refractivity contribution in [3.63, 3.8) is 0 Å². The number of hydrogen-bond donors (Lipinski definition) is 4. The third kappa shape index (κ3) is 10.1. The number of carbonyl (C=O) groups excluding carboxylic acids is 2. The number of rotatable bonds is 13. The second-order valence-electron chi connectivity index (χ2n) is 7.10. The molecule has 0 aromatic heterocycles. The molecule has 14 heteroatoms. The first-order chi connectivity index (χ1) is 17.2. The van der Waals surface area contributed by atoms with Crippen LogP contribution in [0.1, 0.15) is 11.1 Å². The van der Waals surface area contributed by atoms with Crippen LogP contribution >= 0.6 is 53.4 Å². The Labute approximate surface area is 231 Å². The fourth-order valence-corrected chi connectivity index (χ4v) is 5.41. The summed E-state index contributed by atoms with van der Waals surface area (Å²) in [5, 5.41) is 29.7. The molecule has 0 bridgehead atoms. The van der Waals surface area contributed by atoms with Crippen LogP contribution in [-0.4, -0.2) is 58.2 Å². The fourth-order valence-electron chi connectivity index (χ4n) is 2.74. The Hall–Kier alpha value is -2.16. The minimum atomic E-state index is -0.528. The molecule has 0 spiro atoms. The summed E-state index contributed by atoms with van der Waals surface area (Å²) in [7, 11) is 2.95. The van der Waals surface area contributed by atoms with Crippen LogP contribution in [0.2, 0.25) is 0 Å². The lowest BCUT2D eigenvalue weighted by molar-refractivity contribution is -0.115. The summed E-state index contributed by atoms with van der Waals surface area (Å²) in [5.74, 6) is -0.790. The van der Waals surface area contributed by atoms with Crippen LogP contribution in [0.3, 0.4) is 0 Å². The van der Waals surface area contributed by atoms with E-state index in [1.807, 2.05) is 0 Å². The summed E-state index contributed by atoms with van der Waals surface area (Å²) in [6.45, 7) is 0.646. The minimum Gasteiger partial charge on any atom is -0.410 e. The van der Waals surface area contributed by atoms with Crippen LogP contribution in [0.5, 0.6) is 0 Å². The maximum Gasteiger partial charge on any atom is 0.269 e. The zero-order valence-corrected chi connectivity index (χ0v) is 23.4. The molecule has 2 aromatic rings. The summed E-state index contributed by atoms with van der Waals surface area (Å²) < 4.78 is 27.2. The summed E-state index contributed by atoms with van der Waals surface area (Å²) in [6, 6.07) is 8.53. The number of benzene rings is 2. The predicted molar refractivity (Wildman–Crippen MR) is 145 cm³/mol. The van der Waals surface area contributed by atoms with Gasteiger partial charge in [0.25, 0.3) is 11.8 Å². The van der Waals surface area contributed by atoms with Gasteiger partial charge in [-0.25, -0.2) is 8.78 Å². The Bertz CT molecular complexity index is 1050. The van der Waals surface area contributed by atoms with Gasteiger partial charge in [0.2, 0.25) is 0 Å². The molecule has 0 atom stereocenters. The molecule has 194 valence electrons. The van der Waals surface area contributed by atoms with Gasteiger partial charge in [-0.2, -0.15) is 0 Å². The SMILES string of the molecule is O=C(NCCSSCCNC(=O)/C(Cc1ccc(F)c(Br)c1)=N/O)/C(Cc1ccc(F)c(Br)c1)=N/O. The second kappa shape index (κ2) is 15.8. The van der Waals surface area contributed by atoms with Gasteiger partial charge in [-0.3, -0.25) is 9.59 Å². The van der Waals surface area contributed by atoms with E-state index in [1.54, 1.807) is 0 Å². The molecule has 0 saturated heterocycles. The molecule has 0 aliphatic rings. The topological polar surface area (TPSA) is 123 Å². The predicted octanol–water partition coefficient (Wildman–Crippen LogP) is 4.55. The molecule has 0 fully saturated rings. The number of carbonyl (C=O) groups is 2. The van der Waals surface area contributed by atoms with E-state index < -0.39 is 23.4 Å². The van der Waals surface area contributed by atoms with Crippen LogP contribution in [0.15, 0.2) is 55.7 Å². The quantitative estimate of drug-likeness (QED) is 0.0818. The van der Waals surface area contributed by atoms with E-state index in [4.69, 9.17) is 10.4 Å². The van der Waals surface area contributed by atoms with E-state index in [0.717, 1.165) is 0 Å². The van der Waals surface area contributed by atoms with Crippen LogP contribution in [-0.2, 0) is 22.4 Å². The number of hydrogen-bond acceptors (Lipinski definition) is 8. The Kier molecular flexibility index (Phi) is 13.2. The molecule has 0 radical (unpaired) electrons. The van der Waals surface area contributed by atoms with Crippen LogP contribution in [0.25, 0.3) is 0 Å². The van der Waals surface area contributed by atoms with Gasteiger partial charge in [0, 0.05) is 37.4 Å². The van der Waals surface area contributed by atoms with E-state index in [9.17, 15) is 18.4 Å². The van der Waals surface area contributed by atoms with E-state index in [2.05, 4.69) is 52.8 Å². The van der Waals surface area contributed by atoms with E-state index >= 15 is 0 Å². The molecular weight excluding hydrogens is 646 g/mol. The Balaban J connectivity index is 1.62. The first kappa shape index (κ1) is 30.1. The van der Waals surface area contributed by atoms with Crippen molar-refractivity contribution in [3.8, 4) is 0 Å². The number of nitrogens with one attached hydrogen (secondary N) is 2. The molecule has 0 heterocycles. The van der Waals surface area contributed by atoms with Crippen molar-refractivity contribution in [3.05, 3.63) is 68.1 Å². The molecular formula is C22H22Br2F2N4O4S2. The van der Waals surface area contributed by atoms with Crippen molar-refractivity contribution in [2.75, 3.05) is 24.6 Å². The zero-order valence-electron chi connectivity index (χ0n) is 18.6. The highest BCUT2D eigenvalue weighted by Crippen LogP contribution is 2.20. The highest BCUT2D eigenvalue weighted by Gasteiger charge is 2.15. The maximum atomic E-state index is 13.3. The molecule has 2 amide bonds. The summed E-state index contributed by atoms with van der Waals surface area (Å²) in [6.07, 6.45) is 0.0841. The minimum absolute atomic E-state index is 0.0420. The Morgan fingerprint density at radius 1 is 0.778 bits per heavy atom. The molecule has 4 N–H and O–H groups in total. The van der Waals surface area contributed by atoms with E-state index in [-0.39, 0.29) is 33.2 Å². The van der Waals surface area contributed by atoms with Gasteiger partial charge in [0.05, 0.1) is 8.95 Å². The largest absolute Gasteiger partial charge is 0.410 e. The first-order valence-electron chi connectivity index (χ1n) is 10.4. The lowest BCUT2D eigenvalue weighted by Crippen LogP contribution is -2.34. The summed E-state index contributed by atoms with van der Waals surface area (Å²) in [4.78, 5) is 24.4. The van der Waals surface area contributed by atoms with Gasteiger partial charge in [-0.1, -0.05) is 44.0 Å². The summed E-state index contributed by atoms with van der Waals surface area (Å²) >= 11 is 6.14. The highest BCUT2D eigenvalue weighted by atomic mass is 79.9. The van der Waals surface area contributed by atoms with Gasteiger partial charge in [-0.15, -0.1) is 0 Å². The van der Waals surface area contributed by atoms with Gasteiger partial charge >= 0.3 is 0 Å². The zero-order chi connectivity index (χ0) is 26.5. The van der Waals surface area contributed by atoms with Crippen molar-refractivity contribution in [2.45, 2.75) is 12.8 Å². The average molecular weight is 668 g/mol. The normalized spacial score (nSPS) is 11.9. The maximum absolute atomic E-state index is 13.3. The van der Waals surface area contributed by atoms with Crippen molar-refractivity contribution >= 4 is 76.7 Å². The smallest absolute Gasteiger partial charge is 0.269 e. The molecule has 36 heavy (non-hydrogen) atoms. The molecule has 0 unspecified atom stereocenters. The lowest BCUT2D eigenvalue weighted by Gasteiger charge is -2.08. The molecule has 0 saturated carbocycles. The average Bonchev–Trinajstić information content (AvgIpc) is 2.86. The van der Waals surface area contributed by atoms with Crippen molar-refractivity contribution in [1.29, 1.82) is 0 Å². The molecule has 2 rings (SSSR count). The van der Waals surface area contributed by atoms with Crippen molar-refractivity contribution < 1.29 is 28.8 Å². The monoisotopic (exact) mass is 666 g/mol. The van der Waals surface area contributed by atoms with E-state index in [0.29, 0.717) is 35.7 Å². The molecule has 0 aliphatic heterocycles. The van der Waals surface area contributed by atoms with E-state index in [1.165, 1.54) is 58.0 Å². The Morgan fingerprint density at radius 2 is 1.17 bits per heavy atom. The third-order valence-corrected chi connectivity index (χ3v) is 8.13. The highest BCUT2D eigenvalue weighted by molar-refractivity contribution is 9.10. The lowest BCUT2D eigenvalue weighted by atomic mass is 10.1. The van der Waals surface area contributed by atoms with Crippen LogP contribution < -0.4 is 10.6 Å². The van der Waals surface area contributed by atoms with Crippen LogP contribution in [0, 0.1) is 11.6 Å². The van der Waals surface area contributed by atoms with Gasteiger partial charge in [-0.05, 0) is 67.3 Å². The molecule has 8 nitrogen and oxygen atoms in total. The molecule has 2 aromatic carbocycles. The second-order valence-corrected chi connectivity index (χ2v) is 11.5. The van der Waals surface area contributed by atoms with Crippen molar-refractivity contribution in [1.82, 2.24) is 10.6 Å². The number of nitrogens with zero attached hydrogens (tertiary/aromatic N) is 2. The molecule has 0 aliphatic carbocycles. The number of amides is 2. The van der Waals surface area contributed by atoms with Gasteiger partial charge in [0.1, 0.15) is 23.1 Å². The first-order valence-corrected chi connectivity index (χ1v) is 14.4. The van der Waals surface area contributed by atoms with Crippen LogP contribution in [0.4, 0.5) is 8.78 Å². The number of halogens is 4. The summed E-state index contributed by atoms with van der Waals surface area (Å²) in [5.41, 5.74) is 1.03. The Morgan fingerprint density at radius 3 is 1.50 bits per heavy atom. The standard InChI is InChI=1S/C22H22Br2F2N4O4S2/c23-15-9-13(1-3-17(15)25)11-19(29-33)21(31)27-5-7-35-36-8-6-28-22(32)20(30-34)12-14-2-4-18(26)16(24)10-14/h1-4,9-10,33-34H,5-8,11-12H2,(H,27,31)(H,28,32)/b29-19+,30-20+. The van der Waals surface area contributed by atoms with Gasteiger partial charge < -0.3 is 21.0 Å². The van der Waals surface area contributed by atoms with Gasteiger partial charge in [0.15, 0.2) is 0 Å². The fraction of sp³-hybridized carbons (Fsp3) is 0.273.